The van der Waals surface area contributed by atoms with Gasteiger partial charge in [0.15, 0.2) is 0 Å². The van der Waals surface area contributed by atoms with Gasteiger partial charge in [-0.1, -0.05) is 19.1 Å². The Labute approximate surface area is 145 Å². The van der Waals surface area contributed by atoms with Gasteiger partial charge < -0.3 is 5.32 Å². The van der Waals surface area contributed by atoms with Crippen molar-refractivity contribution in [1.82, 2.24) is 14.7 Å². The average molecular weight is 363 g/mol. The first-order valence-electron chi connectivity index (χ1n) is 7.28. The van der Waals surface area contributed by atoms with Crippen molar-refractivity contribution in [1.29, 1.82) is 0 Å². The van der Waals surface area contributed by atoms with E-state index in [2.05, 4.69) is 20.0 Å². The van der Waals surface area contributed by atoms with Gasteiger partial charge in [-0.25, -0.2) is 18.1 Å². The molecule has 0 spiro atoms. The number of benzene rings is 2. The third kappa shape index (κ3) is 3.48. The maximum absolute atomic E-state index is 12.0. The third-order valence-electron chi connectivity index (χ3n) is 3.34. The van der Waals surface area contributed by atoms with E-state index in [1.807, 2.05) is 24.3 Å². The molecule has 3 rings (SSSR count). The Morgan fingerprint density at radius 1 is 1.04 bits per heavy atom. The van der Waals surface area contributed by atoms with Gasteiger partial charge in [0.25, 0.3) is 0 Å². The smallest absolute Gasteiger partial charge is 0.240 e. The van der Waals surface area contributed by atoms with Crippen molar-refractivity contribution in [2.45, 2.75) is 11.8 Å². The van der Waals surface area contributed by atoms with Gasteiger partial charge in [0.05, 0.1) is 10.4 Å². The minimum Gasteiger partial charge on any atom is -0.340 e. The summed E-state index contributed by atoms with van der Waals surface area (Å²) in [4.78, 5) is 8.59. The first kappa shape index (κ1) is 16.6. The standard InChI is InChI=1S/C16H15ClN4O2S/c1-2-18-24(22,23)12-9-7-11(8-10-12)19-15-13-5-3-4-6-14(13)20-16(17)21-15/h3-10,18H,2H2,1H3,(H,19,20,21). The van der Waals surface area contributed by atoms with Crippen molar-refractivity contribution >= 4 is 44.0 Å². The lowest BCUT2D eigenvalue weighted by Gasteiger charge is -2.10. The minimum atomic E-state index is -3.47. The predicted octanol–water partition coefficient (Wildman–Crippen LogP) is 3.33. The van der Waals surface area contributed by atoms with Crippen molar-refractivity contribution in [2.24, 2.45) is 0 Å². The maximum atomic E-state index is 12.0. The summed E-state index contributed by atoms with van der Waals surface area (Å²) < 4.78 is 26.4. The summed E-state index contributed by atoms with van der Waals surface area (Å²) in [6.07, 6.45) is 0. The Morgan fingerprint density at radius 3 is 2.46 bits per heavy atom. The van der Waals surface area contributed by atoms with Crippen LogP contribution in [0.4, 0.5) is 11.5 Å². The highest BCUT2D eigenvalue weighted by Gasteiger charge is 2.12. The maximum Gasteiger partial charge on any atom is 0.240 e. The quantitative estimate of drug-likeness (QED) is 0.680. The summed E-state index contributed by atoms with van der Waals surface area (Å²) in [7, 11) is -3.47. The van der Waals surface area contributed by atoms with Crippen LogP contribution in [-0.2, 0) is 10.0 Å². The van der Waals surface area contributed by atoms with Crippen LogP contribution in [-0.4, -0.2) is 24.9 Å². The number of sulfonamides is 1. The number of para-hydroxylation sites is 1. The first-order valence-corrected chi connectivity index (χ1v) is 9.15. The lowest BCUT2D eigenvalue weighted by molar-refractivity contribution is 0.584. The minimum absolute atomic E-state index is 0.141. The van der Waals surface area contributed by atoms with E-state index in [0.29, 0.717) is 18.1 Å². The first-order chi connectivity index (χ1) is 11.5. The van der Waals surface area contributed by atoms with Gasteiger partial charge in [0, 0.05) is 17.6 Å². The number of nitrogens with zero attached hydrogens (tertiary/aromatic N) is 2. The summed E-state index contributed by atoms with van der Waals surface area (Å²) in [5.74, 6) is 0.563. The van der Waals surface area contributed by atoms with E-state index in [-0.39, 0.29) is 10.2 Å². The molecule has 1 aromatic heterocycles. The van der Waals surface area contributed by atoms with Crippen LogP contribution in [0.1, 0.15) is 6.92 Å². The molecule has 0 aliphatic carbocycles. The van der Waals surface area contributed by atoms with Crippen LogP contribution in [0.3, 0.4) is 0 Å². The zero-order valence-corrected chi connectivity index (χ0v) is 14.4. The topological polar surface area (TPSA) is 84.0 Å². The van der Waals surface area contributed by atoms with Gasteiger partial charge in [-0.05, 0) is 48.0 Å². The molecule has 0 unspecified atom stereocenters. The van der Waals surface area contributed by atoms with E-state index < -0.39 is 10.0 Å². The fourth-order valence-corrected chi connectivity index (χ4v) is 3.49. The van der Waals surface area contributed by atoms with Crippen LogP contribution in [0.25, 0.3) is 10.9 Å². The molecule has 24 heavy (non-hydrogen) atoms. The van der Waals surface area contributed by atoms with Gasteiger partial charge in [-0.2, -0.15) is 4.98 Å². The highest BCUT2D eigenvalue weighted by atomic mass is 35.5. The molecule has 0 saturated carbocycles. The van der Waals surface area contributed by atoms with Crippen LogP contribution in [0.2, 0.25) is 5.28 Å². The Bertz CT molecular complexity index is 975. The molecule has 0 radical (unpaired) electrons. The number of nitrogens with one attached hydrogen (secondary N) is 2. The number of hydrogen-bond donors (Lipinski definition) is 2. The van der Waals surface area contributed by atoms with Crippen molar-refractivity contribution < 1.29 is 8.42 Å². The Balaban J connectivity index is 1.92. The largest absolute Gasteiger partial charge is 0.340 e. The second-order valence-electron chi connectivity index (χ2n) is 5.01. The predicted molar refractivity (Wildman–Crippen MR) is 95.1 cm³/mol. The molecule has 0 saturated heterocycles. The second kappa shape index (κ2) is 6.72. The van der Waals surface area contributed by atoms with E-state index in [4.69, 9.17) is 11.6 Å². The molecule has 0 atom stereocenters. The van der Waals surface area contributed by atoms with Gasteiger partial charge in [0.2, 0.25) is 15.3 Å². The summed E-state index contributed by atoms with van der Waals surface area (Å²) in [6.45, 7) is 2.07. The lowest BCUT2D eigenvalue weighted by atomic mass is 10.2. The van der Waals surface area contributed by atoms with Gasteiger partial charge >= 0.3 is 0 Å². The fraction of sp³-hybridized carbons (Fsp3) is 0.125. The van der Waals surface area contributed by atoms with Gasteiger partial charge in [-0.3, -0.25) is 0 Å². The van der Waals surface area contributed by atoms with Gasteiger partial charge in [0.1, 0.15) is 5.82 Å². The van der Waals surface area contributed by atoms with Crippen molar-refractivity contribution in [3.8, 4) is 0 Å². The number of aromatic nitrogens is 2. The molecule has 3 aromatic rings. The van der Waals surface area contributed by atoms with E-state index in [0.717, 1.165) is 10.9 Å². The average Bonchev–Trinajstić information content (AvgIpc) is 2.55. The summed E-state index contributed by atoms with van der Waals surface area (Å²) in [5.41, 5.74) is 1.43. The fourth-order valence-electron chi connectivity index (χ4n) is 2.27. The monoisotopic (exact) mass is 362 g/mol. The Morgan fingerprint density at radius 2 is 1.75 bits per heavy atom. The summed E-state index contributed by atoms with van der Waals surface area (Å²) in [5, 5.41) is 4.11. The van der Waals surface area contributed by atoms with Crippen molar-refractivity contribution in [3.05, 3.63) is 53.8 Å². The van der Waals surface area contributed by atoms with E-state index >= 15 is 0 Å². The molecular weight excluding hydrogens is 348 g/mol. The van der Waals surface area contributed by atoms with Gasteiger partial charge in [-0.15, -0.1) is 0 Å². The van der Waals surface area contributed by atoms with Crippen LogP contribution in [0, 0.1) is 0 Å². The Hall–Kier alpha value is -2.22. The van der Waals surface area contributed by atoms with Crippen molar-refractivity contribution in [2.75, 3.05) is 11.9 Å². The molecule has 0 bridgehead atoms. The summed E-state index contributed by atoms with van der Waals surface area (Å²) in [6, 6.07) is 13.9. The molecule has 0 fully saturated rings. The molecule has 2 aromatic carbocycles. The zero-order valence-electron chi connectivity index (χ0n) is 12.8. The number of hydrogen-bond acceptors (Lipinski definition) is 5. The molecular formula is C16H15ClN4O2S. The van der Waals surface area contributed by atoms with E-state index in [9.17, 15) is 8.42 Å². The molecule has 124 valence electrons. The van der Waals surface area contributed by atoms with Crippen molar-refractivity contribution in [3.63, 3.8) is 0 Å². The zero-order chi connectivity index (χ0) is 17.2. The third-order valence-corrected chi connectivity index (χ3v) is 5.07. The van der Waals surface area contributed by atoms with Crippen LogP contribution in [0.15, 0.2) is 53.4 Å². The van der Waals surface area contributed by atoms with E-state index in [1.54, 1.807) is 19.1 Å². The van der Waals surface area contributed by atoms with Crippen LogP contribution in [0.5, 0.6) is 0 Å². The number of fused-ring (bicyclic) bond motifs is 1. The SMILES string of the molecule is CCNS(=O)(=O)c1ccc(Nc2nc(Cl)nc3ccccc23)cc1. The second-order valence-corrected chi connectivity index (χ2v) is 7.11. The molecule has 1 heterocycles. The Kier molecular flexibility index (Phi) is 4.66. The molecule has 2 N–H and O–H groups in total. The number of halogens is 1. The molecule has 8 heteroatoms. The molecule has 0 amide bonds. The highest BCUT2D eigenvalue weighted by Crippen LogP contribution is 2.25. The van der Waals surface area contributed by atoms with Crippen LogP contribution >= 0.6 is 11.6 Å². The lowest BCUT2D eigenvalue weighted by Crippen LogP contribution is -2.22. The summed E-state index contributed by atoms with van der Waals surface area (Å²) >= 11 is 5.96. The van der Waals surface area contributed by atoms with Crippen LogP contribution < -0.4 is 10.0 Å². The molecule has 0 aliphatic heterocycles. The number of rotatable bonds is 5. The molecule has 0 aliphatic rings. The van der Waals surface area contributed by atoms with E-state index in [1.165, 1.54) is 12.1 Å². The highest BCUT2D eigenvalue weighted by molar-refractivity contribution is 7.89. The molecule has 6 nitrogen and oxygen atoms in total. The number of anilines is 2. The normalized spacial score (nSPS) is 11.6.